The van der Waals surface area contributed by atoms with Crippen molar-refractivity contribution in [3.8, 4) is 0 Å². The summed E-state index contributed by atoms with van der Waals surface area (Å²) in [5.41, 5.74) is 4.11. The second-order valence-corrected chi connectivity index (χ2v) is 25.5. The van der Waals surface area contributed by atoms with Crippen LogP contribution in [0.1, 0.15) is 110 Å². The molecule has 4 N–H and O–H groups in total. The lowest BCUT2D eigenvalue weighted by molar-refractivity contribution is -0.151. The number of nitrogens with two attached hydrogens (primary N) is 1. The summed E-state index contributed by atoms with van der Waals surface area (Å²) in [5.74, 6) is 3.34. The number of aliphatic carboxylic acids is 1. The largest absolute Gasteiger partial charge is 0.481 e. The topological polar surface area (TPSA) is 195 Å². The van der Waals surface area contributed by atoms with Gasteiger partial charge in [0, 0.05) is 33.8 Å². The van der Waals surface area contributed by atoms with Crippen LogP contribution in [0.5, 0.6) is 0 Å². The van der Waals surface area contributed by atoms with Crippen LogP contribution < -0.4 is 10.5 Å². The third kappa shape index (κ3) is 9.05. The summed E-state index contributed by atoms with van der Waals surface area (Å²) in [4.78, 5) is 48.7. The van der Waals surface area contributed by atoms with Crippen LogP contribution >= 0.6 is 44.3 Å². The van der Waals surface area contributed by atoms with Gasteiger partial charge >= 0.3 is 5.97 Å². The summed E-state index contributed by atoms with van der Waals surface area (Å²) < 4.78 is 53.7. The zero-order valence-electron chi connectivity index (χ0n) is 35.2. The lowest BCUT2D eigenvalue weighted by Crippen LogP contribution is -2.58. The number of carbonyl (C=O) groups is 4. The summed E-state index contributed by atoms with van der Waals surface area (Å²) in [6, 6.07) is 7.09. The van der Waals surface area contributed by atoms with Crippen molar-refractivity contribution in [1.29, 1.82) is 0 Å². The van der Waals surface area contributed by atoms with E-state index in [0.29, 0.717) is 94.2 Å². The maximum Gasteiger partial charge on any atom is 0.310 e. The number of carbonyl (C=O) groups excluding carboxylic acids is 3. The summed E-state index contributed by atoms with van der Waals surface area (Å²) in [5, 5.41) is 9.00. The van der Waals surface area contributed by atoms with Crippen LogP contribution in [0.4, 0.5) is 0 Å². The van der Waals surface area contributed by atoms with Crippen LogP contribution in [0.15, 0.2) is 61.2 Å². The van der Waals surface area contributed by atoms with E-state index >= 15 is 0 Å². The second-order valence-electron chi connectivity index (χ2n) is 20.3. The van der Waals surface area contributed by atoms with Crippen molar-refractivity contribution in [3.63, 3.8) is 0 Å². The molecule has 11 nitrogen and oxygen atoms in total. The van der Waals surface area contributed by atoms with Crippen LogP contribution in [-0.4, -0.2) is 62.6 Å². The summed E-state index contributed by atoms with van der Waals surface area (Å²) >= 11 is 6.42. The molecule has 12 rings (SSSR count). The number of sulfonamides is 1. The number of nitrogens with one attached hydrogen (secondary N) is 1. The Hall–Kier alpha value is -2.10. The molecule has 4 atom stereocenters. The first-order valence-electron chi connectivity index (χ1n) is 21.8. The Bertz CT molecular complexity index is 2310. The lowest BCUT2D eigenvalue weighted by Gasteiger charge is -2.59. The number of halogens is 3. The molecule has 10 fully saturated rings. The van der Waals surface area contributed by atoms with Crippen LogP contribution in [0.2, 0.25) is 0 Å². The monoisotopic (exact) mass is 1040 g/mol. The number of benzene rings is 1. The van der Waals surface area contributed by atoms with E-state index in [1.165, 1.54) is 25.3 Å². The Morgan fingerprint density at radius 3 is 1.79 bits per heavy atom. The molecule has 0 heterocycles. The molecule has 62 heavy (non-hydrogen) atoms. The van der Waals surface area contributed by atoms with E-state index in [-0.39, 0.29) is 44.6 Å². The van der Waals surface area contributed by atoms with E-state index in [1.807, 2.05) is 0 Å². The highest BCUT2D eigenvalue weighted by Crippen LogP contribution is 2.64. The van der Waals surface area contributed by atoms with Crippen molar-refractivity contribution in [2.75, 3.05) is 5.75 Å². The molecular weight excluding hydrogens is 984 g/mol. The van der Waals surface area contributed by atoms with Gasteiger partial charge in [-0.1, -0.05) is 12.1 Å². The Morgan fingerprint density at radius 2 is 1.32 bits per heavy atom. The van der Waals surface area contributed by atoms with Crippen LogP contribution in [-0.2, 0) is 39.0 Å². The molecule has 4 unspecified atom stereocenters. The van der Waals surface area contributed by atoms with E-state index in [0.717, 1.165) is 50.9 Å². The lowest BCUT2D eigenvalue weighted by atomic mass is 9.45. The summed E-state index contributed by atoms with van der Waals surface area (Å²) in [7, 11) is -7.37. The average Bonchev–Trinajstić information content (AvgIpc) is 4.13. The fourth-order valence-electron chi connectivity index (χ4n) is 13.0. The first-order valence-corrected chi connectivity index (χ1v) is 26.6. The van der Waals surface area contributed by atoms with E-state index in [2.05, 4.69) is 42.7 Å². The highest BCUT2D eigenvalue weighted by Gasteiger charge is 2.60. The van der Waals surface area contributed by atoms with Crippen LogP contribution in [0.25, 0.3) is 0 Å². The number of hydrogen-bond donors (Lipinski definition) is 3. The van der Waals surface area contributed by atoms with Crippen molar-refractivity contribution in [2.24, 2.45) is 63.4 Å². The molecule has 0 radical (unpaired) electrons. The average molecular weight is 1040 g/mol. The molecule has 8 bridgehead atoms. The molecule has 0 saturated heterocycles. The normalized spacial score (nSPS) is 35.6. The predicted octanol–water partition coefficient (Wildman–Crippen LogP) is 8.20. The third-order valence-electron chi connectivity index (χ3n) is 16.3. The van der Waals surface area contributed by atoms with Gasteiger partial charge in [0.1, 0.15) is 17.6 Å². The minimum Gasteiger partial charge on any atom is -0.481 e. The number of carboxylic acids is 1. The minimum atomic E-state index is -3.78. The van der Waals surface area contributed by atoms with Crippen LogP contribution in [0.3, 0.4) is 0 Å². The number of sulfone groups is 1. The molecule has 1 aromatic carbocycles. The summed E-state index contributed by atoms with van der Waals surface area (Å²) in [6.07, 6.45) is 20.8. The van der Waals surface area contributed by atoms with E-state index < -0.39 is 36.8 Å². The molecular formula is C46H58Br2ClN2O9S2+. The first-order chi connectivity index (χ1) is 28.6. The number of ketones is 3. The maximum atomic E-state index is 13.3. The van der Waals surface area contributed by atoms with Gasteiger partial charge < -0.3 is 10.8 Å². The van der Waals surface area contributed by atoms with Gasteiger partial charge in [0.05, 0.1) is 33.8 Å². The fraction of sp³-hybridized carbons (Fsp3) is 0.652. The van der Waals surface area contributed by atoms with Gasteiger partial charge in [-0.25, -0.2) is 16.8 Å². The van der Waals surface area contributed by atoms with E-state index in [1.54, 1.807) is 50.3 Å². The Labute approximate surface area is 389 Å². The molecule has 0 spiro atoms. The van der Waals surface area contributed by atoms with Gasteiger partial charge in [-0.2, -0.15) is 4.72 Å². The van der Waals surface area contributed by atoms with Gasteiger partial charge in [0.2, 0.25) is 19.9 Å². The molecule has 10 saturated carbocycles. The van der Waals surface area contributed by atoms with Crippen molar-refractivity contribution < 1.29 is 41.1 Å². The van der Waals surface area contributed by atoms with Gasteiger partial charge in [-0.05, 0) is 189 Å². The Balaban J connectivity index is 0.000000153. The Morgan fingerprint density at radius 1 is 0.806 bits per heavy atom. The van der Waals surface area contributed by atoms with Gasteiger partial charge in [0.15, 0.2) is 15.2 Å². The number of carboxylic acid groups (broad SMARTS) is 1. The van der Waals surface area contributed by atoms with Crippen molar-refractivity contribution >= 4 is 87.4 Å². The van der Waals surface area contributed by atoms with Crippen molar-refractivity contribution in [1.82, 2.24) is 4.72 Å². The molecule has 0 aliphatic heterocycles. The molecule has 11 aliphatic carbocycles. The van der Waals surface area contributed by atoms with E-state index in [4.69, 9.17) is 10.8 Å². The van der Waals surface area contributed by atoms with Gasteiger partial charge in [-0.3, -0.25) is 19.2 Å². The number of rotatable bonds is 12. The second kappa shape index (κ2) is 17.3. The van der Waals surface area contributed by atoms with Crippen LogP contribution in [0, 0.1) is 63.7 Å². The maximum absolute atomic E-state index is 13.3. The SMILES string of the molecule is CC(=O)C12CC3CC(C1)C(CC(=O)C1(NS(=O)(=O)c4ccccc4Br)CC1)C(C3)C2.CC(=O)C12CC3CC(C1)C(N)C(C3)C2.Cl.O=C(O)C1(CS(=O)(=O)C2=CC=C[C+]=C2Br)CC1. The summed E-state index contributed by atoms with van der Waals surface area (Å²) in [6.45, 7) is 3.53. The molecule has 0 amide bonds. The number of Topliss-reactive ketones (excluding diaryl/α,β-unsaturated/α-hetero) is 3. The van der Waals surface area contributed by atoms with Crippen molar-refractivity contribution in [2.45, 2.75) is 127 Å². The molecule has 1 aromatic rings. The highest BCUT2D eigenvalue weighted by molar-refractivity contribution is 9.12. The van der Waals surface area contributed by atoms with E-state index in [9.17, 15) is 36.0 Å². The van der Waals surface area contributed by atoms with Gasteiger partial charge in [0.25, 0.3) is 0 Å². The predicted molar refractivity (Wildman–Crippen MR) is 244 cm³/mol. The fourth-order valence-corrected chi connectivity index (χ4v) is 18.4. The van der Waals surface area contributed by atoms with Crippen molar-refractivity contribution in [3.05, 3.63) is 62.4 Å². The molecule has 338 valence electrons. The zero-order valence-corrected chi connectivity index (χ0v) is 40.9. The third-order valence-corrected chi connectivity index (χ3v) is 21.8. The molecule has 11 aliphatic rings. The molecule has 16 heteroatoms. The smallest absolute Gasteiger partial charge is 0.310 e. The quantitative estimate of drug-likeness (QED) is 0.172. The standard InChI is InChI=1S/C23H28BrNO4S.C12H19NO.C11H9BrO4S.ClH/c1-14(26)22-11-15-8-16(12-22)18(17(9-15)13-22)10-21(27)23(6-7-23)25-30(28,29)20-5-3-2-4-19(20)24;1-7(14)12-4-8-2-9(5-12)11(13)10(3-8)6-12;12-8-3-1-2-4-9(8)17(15,16)7-11(5-6-11)10(13)14;/h2-5,15-18,25H,6-13H2,1H3;8-11H,2-6,13H2,1H3;1-2,4H,5-7H2;1H/p+1. The highest BCUT2D eigenvalue weighted by atomic mass is 79.9. The number of hydrogen-bond acceptors (Lipinski definition) is 9. The zero-order chi connectivity index (χ0) is 43.9. The molecule has 0 aromatic heterocycles. The number of allylic oxidation sites excluding steroid dienone is 5. The minimum absolute atomic E-state index is 0. The first kappa shape index (κ1) is 47.9. The Kier molecular flexibility index (Phi) is 13.3. The van der Waals surface area contributed by atoms with Gasteiger partial charge in [-0.15, -0.1) is 12.4 Å².